The maximum absolute atomic E-state index is 5.91. The molecule has 0 aliphatic carbocycles. The van der Waals surface area contributed by atoms with Crippen molar-refractivity contribution in [2.24, 2.45) is 0 Å². The Hall–Kier alpha value is -1.33. The minimum Gasteiger partial charge on any atom is -0.492 e. The van der Waals surface area contributed by atoms with Gasteiger partial charge in [-0.15, -0.1) is 0 Å². The zero-order chi connectivity index (χ0) is 13.0. The van der Waals surface area contributed by atoms with Crippen molar-refractivity contribution in [3.8, 4) is 5.75 Å². The molecule has 2 rings (SSSR count). The summed E-state index contributed by atoms with van der Waals surface area (Å²) in [5.74, 6) is 1.36. The van der Waals surface area contributed by atoms with Crippen LogP contribution in [0.2, 0.25) is 5.15 Å². The van der Waals surface area contributed by atoms with E-state index in [-0.39, 0.29) is 0 Å². The van der Waals surface area contributed by atoms with E-state index >= 15 is 0 Å². The van der Waals surface area contributed by atoms with E-state index in [1.165, 1.54) is 6.33 Å². The zero-order valence-electron chi connectivity index (χ0n) is 9.65. The number of benzene rings is 1. The number of nitrogens with zero attached hydrogens (tertiary/aromatic N) is 2. The van der Waals surface area contributed by atoms with Gasteiger partial charge in [-0.05, 0) is 35.0 Å². The van der Waals surface area contributed by atoms with E-state index in [4.69, 9.17) is 16.3 Å². The quantitative estimate of drug-likeness (QED) is 0.861. The van der Waals surface area contributed by atoms with Gasteiger partial charge in [0.25, 0.3) is 0 Å². The van der Waals surface area contributed by atoms with E-state index < -0.39 is 0 Å². The minimum absolute atomic E-state index is 0.362. The molecule has 1 N–H and O–H groups in total. The first-order chi connectivity index (χ1) is 8.72. The second-order valence-electron chi connectivity index (χ2n) is 3.38. The lowest BCUT2D eigenvalue weighted by Crippen LogP contribution is -2.00. The van der Waals surface area contributed by atoms with E-state index in [1.807, 2.05) is 31.2 Å². The van der Waals surface area contributed by atoms with E-state index in [0.29, 0.717) is 22.1 Å². The molecule has 18 heavy (non-hydrogen) atoms. The van der Waals surface area contributed by atoms with Crippen LogP contribution >= 0.6 is 27.5 Å². The van der Waals surface area contributed by atoms with Gasteiger partial charge in [0.2, 0.25) is 0 Å². The third-order valence-corrected chi connectivity index (χ3v) is 3.45. The standard InChI is InChI=1S/C12H11BrClN3O/c1-2-18-9-6-4-3-5-8(9)17-12-10(13)11(14)15-7-16-12/h3-7H,2H2,1H3,(H,15,16,17). The summed E-state index contributed by atoms with van der Waals surface area (Å²) in [7, 11) is 0. The molecule has 0 spiro atoms. The van der Waals surface area contributed by atoms with Gasteiger partial charge in [0.1, 0.15) is 23.0 Å². The predicted octanol–water partition coefficient (Wildman–Crippen LogP) is 4.03. The third kappa shape index (κ3) is 2.91. The summed E-state index contributed by atoms with van der Waals surface area (Å²) < 4.78 is 6.15. The van der Waals surface area contributed by atoms with Crippen LogP contribution < -0.4 is 10.1 Å². The van der Waals surface area contributed by atoms with Gasteiger partial charge in [-0.25, -0.2) is 9.97 Å². The largest absolute Gasteiger partial charge is 0.492 e. The van der Waals surface area contributed by atoms with Crippen LogP contribution in [0.5, 0.6) is 5.75 Å². The molecule has 1 aromatic carbocycles. The summed E-state index contributed by atoms with van der Waals surface area (Å²) in [5, 5.41) is 3.52. The van der Waals surface area contributed by atoms with Crippen LogP contribution in [0, 0.1) is 0 Å². The highest BCUT2D eigenvalue weighted by Crippen LogP contribution is 2.32. The Bertz CT molecular complexity index is 551. The Labute approximate surface area is 118 Å². The van der Waals surface area contributed by atoms with Crippen molar-refractivity contribution in [1.29, 1.82) is 0 Å². The Morgan fingerprint density at radius 2 is 2.11 bits per heavy atom. The van der Waals surface area contributed by atoms with Crippen LogP contribution in [0.1, 0.15) is 6.92 Å². The minimum atomic E-state index is 0.362. The van der Waals surface area contributed by atoms with Crippen molar-refractivity contribution in [2.75, 3.05) is 11.9 Å². The highest BCUT2D eigenvalue weighted by atomic mass is 79.9. The number of ether oxygens (including phenoxy) is 1. The molecule has 0 saturated heterocycles. The van der Waals surface area contributed by atoms with Gasteiger partial charge in [-0.1, -0.05) is 23.7 Å². The predicted molar refractivity (Wildman–Crippen MR) is 75.6 cm³/mol. The van der Waals surface area contributed by atoms with Crippen molar-refractivity contribution in [2.45, 2.75) is 6.92 Å². The second kappa shape index (κ2) is 6.02. The number of aromatic nitrogens is 2. The Balaban J connectivity index is 2.31. The molecule has 0 fully saturated rings. The Kier molecular flexibility index (Phi) is 4.38. The number of nitrogens with one attached hydrogen (secondary N) is 1. The highest BCUT2D eigenvalue weighted by molar-refractivity contribution is 9.10. The fraction of sp³-hybridized carbons (Fsp3) is 0.167. The zero-order valence-corrected chi connectivity index (χ0v) is 12.0. The highest BCUT2D eigenvalue weighted by Gasteiger charge is 2.09. The fourth-order valence-corrected chi connectivity index (χ4v) is 1.85. The average molecular weight is 329 g/mol. The summed E-state index contributed by atoms with van der Waals surface area (Å²) in [4.78, 5) is 8.00. The van der Waals surface area contributed by atoms with Gasteiger partial charge in [0, 0.05) is 0 Å². The fourth-order valence-electron chi connectivity index (χ4n) is 1.41. The normalized spacial score (nSPS) is 10.2. The molecule has 0 amide bonds. The van der Waals surface area contributed by atoms with Gasteiger partial charge in [-0.3, -0.25) is 0 Å². The first-order valence-electron chi connectivity index (χ1n) is 5.37. The molecule has 0 atom stereocenters. The molecule has 0 bridgehead atoms. The van der Waals surface area contributed by atoms with Gasteiger partial charge in [0.05, 0.1) is 16.8 Å². The lowest BCUT2D eigenvalue weighted by Gasteiger charge is -2.12. The third-order valence-electron chi connectivity index (χ3n) is 2.19. The molecule has 0 saturated carbocycles. The number of rotatable bonds is 4. The lowest BCUT2D eigenvalue weighted by molar-refractivity contribution is 0.342. The van der Waals surface area contributed by atoms with Crippen LogP contribution in [0.15, 0.2) is 35.1 Å². The van der Waals surface area contributed by atoms with E-state index in [9.17, 15) is 0 Å². The molecule has 1 heterocycles. The molecule has 2 aromatic rings. The Morgan fingerprint density at radius 3 is 2.89 bits per heavy atom. The number of anilines is 2. The van der Waals surface area contributed by atoms with Crippen LogP contribution in [-0.2, 0) is 0 Å². The van der Waals surface area contributed by atoms with Crippen LogP contribution in [0.3, 0.4) is 0 Å². The molecular weight excluding hydrogens is 318 g/mol. The summed E-state index contributed by atoms with van der Waals surface area (Å²) >= 11 is 9.25. The van der Waals surface area contributed by atoms with Crippen molar-refractivity contribution in [3.05, 3.63) is 40.2 Å². The van der Waals surface area contributed by atoms with Crippen molar-refractivity contribution in [3.63, 3.8) is 0 Å². The smallest absolute Gasteiger partial charge is 0.149 e. The van der Waals surface area contributed by atoms with Crippen LogP contribution in [0.4, 0.5) is 11.5 Å². The monoisotopic (exact) mass is 327 g/mol. The van der Waals surface area contributed by atoms with E-state index in [2.05, 4.69) is 31.2 Å². The van der Waals surface area contributed by atoms with E-state index in [0.717, 1.165) is 11.4 Å². The van der Waals surface area contributed by atoms with E-state index in [1.54, 1.807) is 0 Å². The van der Waals surface area contributed by atoms with Gasteiger partial charge >= 0.3 is 0 Å². The molecule has 6 heteroatoms. The van der Waals surface area contributed by atoms with Crippen molar-refractivity contribution < 1.29 is 4.74 Å². The number of halogens is 2. The van der Waals surface area contributed by atoms with Gasteiger partial charge in [-0.2, -0.15) is 0 Å². The molecule has 94 valence electrons. The van der Waals surface area contributed by atoms with Crippen molar-refractivity contribution >= 4 is 39.0 Å². The molecule has 4 nitrogen and oxygen atoms in total. The molecular formula is C12H11BrClN3O. The number of hydrogen-bond acceptors (Lipinski definition) is 4. The SMILES string of the molecule is CCOc1ccccc1Nc1ncnc(Cl)c1Br. The summed E-state index contributed by atoms with van der Waals surface area (Å²) in [6, 6.07) is 7.63. The molecule has 1 aromatic heterocycles. The maximum atomic E-state index is 5.91. The topological polar surface area (TPSA) is 47.0 Å². The maximum Gasteiger partial charge on any atom is 0.149 e. The summed E-state index contributed by atoms with van der Waals surface area (Å²) in [5.41, 5.74) is 0.829. The first kappa shape index (κ1) is 13.1. The molecule has 0 aliphatic heterocycles. The lowest BCUT2D eigenvalue weighted by atomic mass is 10.3. The van der Waals surface area contributed by atoms with Crippen LogP contribution in [0.25, 0.3) is 0 Å². The first-order valence-corrected chi connectivity index (χ1v) is 6.54. The molecule has 0 unspecified atom stereocenters. The van der Waals surface area contributed by atoms with Gasteiger partial charge < -0.3 is 10.1 Å². The average Bonchev–Trinajstić information content (AvgIpc) is 2.37. The van der Waals surface area contributed by atoms with Gasteiger partial charge in [0.15, 0.2) is 0 Å². The van der Waals surface area contributed by atoms with Crippen LogP contribution in [-0.4, -0.2) is 16.6 Å². The second-order valence-corrected chi connectivity index (χ2v) is 4.53. The summed E-state index contributed by atoms with van der Waals surface area (Å²) in [6.45, 7) is 2.54. The van der Waals surface area contributed by atoms with Crippen molar-refractivity contribution in [1.82, 2.24) is 9.97 Å². The summed E-state index contributed by atoms with van der Waals surface area (Å²) in [6.07, 6.45) is 1.40. The molecule has 0 aliphatic rings. The molecule has 0 radical (unpaired) electrons. The Morgan fingerprint density at radius 1 is 1.33 bits per heavy atom. The number of para-hydroxylation sites is 2. The number of hydrogen-bond donors (Lipinski definition) is 1.